The van der Waals surface area contributed by atoms with E-state index in [9.17, 15) is 0 Å². The van der Waals surface area contributed by atoms with Gasteiger partial charge in [0.25, 0.3) is 0 Å². The molecule has 0 bridgehead atoms. The van der Waals surface area contributed by atoms with Gasteiger partial charge in [0.15, 0.2) is 11.6 Å². The number of anilines is 3. The van der Waals surface area contributed by atoms with E-state index in [2.05, 4.69) is 42.7 Å². The van der Waals surface area contributed by atoms with Crippen LogP contribution in [0, 0.1) is 6.92 Å². The summed E-state index contributed by atoms with van der Waals surface area (Å²) in [4.78, 5) is 12.9. The molecule has 0 radical (unpaired) electrons. The van der Waals surface area contributed by atoms with Gasteiger partial charge in [-0.15, -0.1) is 0 Å². The number of aromatic nitrogens is 5. The van der Waals surface area contributed by atoms with Crippen molar-refractivity contribution >= 4 is 29.2 Å². The second-order valence-corrected chi connectivity index (χ2v) is 5.75. The predicted octanol–water partition coefficient (Wildman–Crippen LogP) is 3.86. The van der Waals surface area contributed by atoms with Crippen LogP contribution in [-0.4, -0.2) is 25.1 Å². The summed E-state index contributed by atoms with van der Waals surface area (Å²) < 4.78 is 0. The van der Waals surface area contributed by atoms with E-state index in [0.717, 1.165) is 17.7 Å². The monoisotopic (exact) mass is 343 g/mol. The first kappa shape index (κ1) is 16.2. The van der Waals surface area contributed by atoms with Crippen molar-refractivity contribution in [1.82, 2.24) is 25.1 Å². The summed E-state index contributed by atoms with van der Waals surface area (Å²) in [6.45, 7) is 4.01. The first-order chi connectivity index (χ1) is 11.7. The number of pyridine rings is 1. The van der Waals surface area contributed by atoms with Gasteiger partial charge in [-0.1, -0.05) is 24.6 Å². The van der Waals surface area contributed by atoms with Gasteiger partial charge in [-0.2, -0.15) is 10.1 Å². The van der Waals surface area contributed by atoms with E-state index in [1.165, 1.54) is 0 Å². The molecule has 0 amide bonds. The van der Waals surface area contributed by atoms with E-state index in [4.69, 9.17) is 11.6 Å². The Balaban J connectivity index is 1.80. The quantitative estimate of drug-likeness (QED) is 0.629. The van der Waals surface area contributed by atoms with Crippen LogP contribution >= 0.6 is 11.6 Å². The Morgan fingerprint density at radius 1 is 1.33 bits per heavy atom. The van der Waals surface area contributed by atoms with E-state index in [0.29, 0.717) is 22.6 Å². The molecule has 3 aromatic rings. The zero-order chi connectivity index (χ0) is 16.9. The van der Waals surface area contributed by atoms with Gasteiger partial charge in [0.2, 0.25) is 5.95 Å². The first-order valence-corrected chi connectivity index (χ1v) is 8.01. The SMILES string of the molecule is CCC(Nc1ncc(Cl)c(Nc2cc(C)[nH]n2)n1)c1cccnc1. The second kappa shape index (κ2) is 7.27. The molecule has 7 nitrogen and oxygen atoms in total. The van der Waals surface area contributed by atoms with Gasteiger partial charge >= 0.3 is 0 Å². The first-order valence-electron chi connectivity index (χ1n) is 7.63. The van der Waals surface area contributed by atoms with Crippen molar-refractivity contribution in [3.8, 4) is 0 Å². The molecule has 0 aliphatic carbocycles. The number of hydrogen-bond acceptors (Lipinski definition) is 6. The van der Waals surface area contributed by atoms with E-state index in [-0.39, 0.29) is 6.04 Å². The summed E-state index contributed by atoms with van der Waals surface area (Å²) in [5.74, 6) is 1.64. The standard InChI is InChI=1S/C16H18ClN7/c1-3-13(11-5-4-6-18-8-11)20-16-19-9-12(17)15(22-16)21-14-7-10(2)23-24-14/h4-9,13H,3H2,1-2H3,(H3,19,20,21,22,23,24). The van der Waals surface area contributed by atoms with Crippen molar-refractivity contribution in [2.24, 2.45) is 0 Å². The molecule has 0 saturated carbocycles. The molecule has 3 rings (SSSR count). The number of aromatic amines is 1. The lowest BCUT2D eigenvalue weighted by Crippen LogP contribution is -2.13. The molecule has 3 N–H and O–H groups in total. The molecule has 124 valence electrons. The van der Waals surface area contributed by atoms with Gasteiger partial charge in [0, 0.05) is 24.2 Å². The highest BCUT2D eigenvalue weighted by Gasteiger charge is 2.13. The van der Waals surface area contributed by atoms with Gasteiger partial charge in [-0.25, -0.2) is 4.98 Å². The molecule has 0 aromatic carbocycles. The fourth-order valence-electron chi connectivity index (χ4n) is 2.29. The van der Waals surface area contributed by atoms with Crippen molar-refractivity contribution in [2.75, 3.05) is 10.6 Å². The molecule has 1 unspecified atom stereocenters. The highest BCUT2D eigenvalue weighted by molar-refractivity contribution is 6.32. The van der Waals surface area contributed by atoms with E-state index < -0.39 is 0 Å². The number of aryl methyl sites for hydroxylation is 1. The summed E-state index contributed by atoms with van der Waals surface area (Å²) in [6.07, 6.45) is 6.03. The lowest BCUT2D eigenvalue weighted by molar-refractivity contribution is 0.735. The maximum atomic E-state index is 6.18. The molecule has 0 fully saturated rings. The van der Waals surface area contributed by atoms with Gasteiger partial charge in [0.05, 0.1) is 12.2 Å². The fourth-order valence-corrected chi connectivity index (χ4v) is 2.43. The highest BCUT2D eigenvalue weighted by Crippen LogP contribution is 2.25. The van der Waals surface area contributed by atoms with Crippen LogP contribution in [0.5, 0.6) is 0 Å². The predicted molar refractivity (Wildman–Crippen MR) is 94.5 cm³/mol. The Labute approximate surface area is 144 Å². The zero-order valence-electron chi connectivity index (χ0n) is 13.4. The Bertz CT molecular complexity index is 803. The van der Waals surface area contributed by atoms with Crippen LogP contribution in [0.1, 0.15) is 30.6 Å². The normalized spacial score (nSPS) is 12.0. The van der Waals surface area contributed by atoms with E-state index in [1.54, 1.807) is 12.4 Å². The molecule has 24 heavy (non-hydrogen) atoms. The maximum Gasteiger partial charge on any atom is 0.225 e. The van der Waals surface area contributed by atoms with Crippen LogP contribution in [0.25, 0.3) is 0 Å². The topological polar surface area (TPSA) is 91.4 Å². The Kier molecular flexibility index (Phi) is 4.90. The lowest BCUT2D eigenvalue weighted by Gasteiger charge is -2.17. The Morgan fingerprint density at radius 2 is 2.21 bits per heavy atom. The van der Waals surface area contributed by atoms with E-state index in [1.807, 2.05) is 31.3 Å². The second-order valence-electron chi connectivity index (χ2n) is 5.34. The van der Waals surface area contributed by atoms with Crippen LogP contribution in [0.3, 0.4) is 0 Å². The average Bonchev–Trinajstić information content (AvgIpc) is 3.01. The molecular formula is C16H18ClN7. The largest absolute Gasteiger partial charge is 0.347 e. The summed E-state index contributed by atoms with van der Waals surface area (Å²) in [6, 6.07) is 5.88. The smallest absolute Gasteiger partial charge is 0.225 e. The van der Waals surface area contributed by atoms with Crippen molar-refractivity contribution in [3.05, 3.63) is 53.1 Å². The Morgan fingerprint density at radius 3 is 2.88 bits per heavy atom. The molecule has 0 aliphatic heterocycles. The van der Waals surface area contributed by atoms with Crippen LogP contribution in [-0.2, 0) is 0 Å². The number of halogens is 1. The minimum absolute atomic E-state index is 0.0698. The van der Waals surface area contributed by atoms with Crippen molar-refractivity contribution in [2.45, 2.75) is 26.3 Å². The third-order valence-electron chi connectivity index (χ3n) is 3.49. The number of H-pyrrole nitrogens is 1. The van der Waals surface area contributed by atoms with Crippen LogP contribution < -0.4 is 10.6 Å². The molecule has 0 spiro atoms. The molecular weight excluding hydrogens is 326 g/mol. The number of nitrogens with zero attached hydrogens (tertiary/aromatic N) is 4. The van der Waals surface area contributed by atoms with Crippen LogP contribution in [0.4, 0.5) is 17.6 Å². The Hall–Kier alpha value is -2.67. The minimum Gasteiger partial charge on any atom is -0.347 e. The zero-order valence-corrected chi connectivity index (χ0v) is 14.2. The third-order valence-corrected chi connectivity index (χ3v) is 3.77. The summed E-state index contributed by atoms with van der Waals surface area (Å²) >= 11 is 6.18. The van der Waals surface area contributed by atoms with Crippen molar-refractivity contribution in [1.29, 1.82) is 0 Å². The molecule has 3 heterocycles. The van der Waals surface area contributed by atoms with Crippen LogP contribution in [0.2, 0.25) is 5.02 Å². The molecule has 0 aliphatic rings. The fraction of sp³-hybridized carbons (Fsp3) is 0.250. The number of hydrogen-bond donors (Lipinski definition) is 3. The highest BCUT2D eigenvalue weighted by atomic mass is 35.5. The van der Waals surface area contributed by atoms with E-state index >= 15 is 0 Å². The summed E-state index contributed by atoms with van der Waals surface area (Å²) in [5.41, 5.74) is 2.03. The molecule has 3 aromatic heterocycles. The van der Waals surface area contributed by atoms with Gasteiger partial charge in [-0.05, 0) is 25.0 Å². The molecule has 8 heteroatoms. The minimum atomic E-state index is 0.0698. The molecule has 1 atom stereocenters. The molecule has 0 saturated heterocycles. The number of rotatable bonds is 6. The average molecular weight is 344 g/mol. The third kappa shape index (κ3) is 3.80. The van der Waals surface area contributed by atoms with Gasteiger partial charge in [-0.3, -0.25) is 10.1 Å². The maximum absolute atomic E-state index is 6.18. The van der Waals surface area contributed by atoms with Crippen LogP contribution in [0.15, 0.2) is 36.8 Å². The summed E-state index contributed by atoms with van der Waals surface area (Å²) in [5, 5.41) is 13.8. The van der Waals surface area contributed by atoms with Gasteiger partial charge < -0.3 is 10.6 Å². The van der Waals surface area contributed by atoms with Crippen molar-refractivity contribution in [3.63, 3.8) is 0 Å². The summed E-state index contributed by atoms with van der Waals surface area (Å²) in [7, 11) is 0. The van der Waals surface area contributed by atoms with Crippen molar-refractivity contribution < 1.29 is 0 Å². The lowest BCUT2D eigenvalue weighted by atomic mass is 10.1. The number of nitrogens with one attached hydrogen (secondary N) is 3. The van der Waals surface area contributed by atoms with Gasteiger partial charge in [0.1, 0.15) is 5.02 Å².